The molecule has 7 nitrogen and oxygen atoms in total. The van der Waals surface area contributed by atoms with Gasteiger partial charge in [0.2, 0.25) is 5.91 Å². The summed E-state index contributed by atoms with van der Waals surface area (Å²) >= 11 is 1.78. The highest BCUT2D eigenvalue weighted by molar-refractivity contribution is 7.09. The maximum Gasteiger partial charge on any atom is 0.317 e. The van der Waals surface area contributed by atoms with Crippen LogP contribution in [0.25, 0.3) is 0 Å². The van der Waals surface area contributed by atoms with E-state index in [1.54, 1.807) is 11.3 Å². The Labute approximate surface area is 152 Å². The smallest absolute Gasteiger partial charge is 0.317 e. The number of rotatable bonds is 5. The van der Waals surface area contributed by atoms with Gasteiger partial charge in [0.25, 0.3) is 0 Å². The zero-order valence-electron chi connectivity index (χ0n) is 14.5. The van der Waals surface area contributed by atoms with Crippen molar-refractivity contribution < 1.29 is 9.59 Å². The van der Waals surface area contributed by atoms with E-state index in [4.69, 9.17) is 5.73 Å². The molecule has 3 amide bonds. The number of primary amides is 1. The molecule has 3 heterocycles. The van der Waals surface area contributed by atoms with Crippen molar-refractivity contribution in [3.63, 3.8) is 0 Å². The van der Waals surface area contributed by atoms with Crippen molar-refractivity contribution in [2.75, 3.05) is 45.8 Å². The third kappa shape index (κ3) is 5.42. The zero-order chi connectivity index (χ0) is 17.6. The molecule has 8 heteroatoms. The van der Waals surface area contributed by atoms with E-state index in [2.05, 4.69) is 27.7 Å². The molecule has 0 aromatic carbocycles. The molecule has 0 saturated carbocycles. The van der Waals surface area contributed by atoms with Crippen LogP contribution >= 0.6 is 11.3 Å². The molecule has 2 fully saturated rings. The number of nitrogens with two attached hydrogens (primary N) is 1. The second-order valence-corrected chi connectivity index (χ2v) is 7.84. The van der Waals surface area contributed by atoms with Gasteiger partial charge in [0.05, 0.1) is 6.54 Å². The summed E-state index contributed by atoms with van der Waals surface area (Å²) in [5.41, 5.74) is 5.23. The largest absolute Gasteiger partial charge is 0.369 e. The summed E-state index contributed by atoms with van der Waals surface area (Å²) in [7, 11) is 0. The van der Waals surface area contributed by atoms with Gasteiger partial charge in [-0.2, -0.15) is 0 Å². The van der Waals surface area contributed by atoms with Gasteiger partial charge in [-0.1, -0.05) is 6.07 Å². The Kier molecular flexibility index (Phi) is 6.28. The van der Waals surface area contributed by atoms with Gasteiger partial charge >= 0.3 is 6.03 Å². The fraction of sp³-hybridized carbons (Fsp3) is 0.647. The van der Waals surface area contributed by atoms with Crippen LogP contribution in [0, 0.1) is 0 Å². The molecule has 1 aromatic heterocycles. The third-order valence-electron chi connectivity index (χ3n) is 4.91. The lowest BCUT2D eigenvalue weighted by molar-refractivity contribution is -0.119. The summed E-state index contributed by atoms with van der Waals surface area (Å²) in [6.07, 6.45) is 1.74. The number of thiophene rings is 1. The topological polar surface area (TPSA) is 81.9 Å². The minimum Gasteiger partial charge on any atom is -0.369 e. The number of carbonyl (C=O) groups is 2. The van der Waals surface area contributed by atoms with E-state index in [1.807, 2.05) is 9.80 Å². The summed E-state index contributed by atoms with van der Waals surface area (Å²) in [5, 5.41) is 5.26. The monoisotopic (exact) mass is 365 g/mol. The van der Waals surface area contributed by atoms with Crippen LogP contribution in [0.3, 0.4) is 0 Å². The summed E-state index contributed by atoms with van der Waals surface area (Å²) in [5.74, 6) is -0.289. The van der Waals surface area contributed by atoms with E-state index in [9.17, 15) is 9.59 Å². The highest BCUT2D eigenvalue weighted by atomic mass is 32.1. The molecule has 2 aliphatic rings. The number of nitrogens with zero attached hydrogens (tertiary/aromatic N) is 3. The van der Waals surface area contributed by atoms with Crippen LogP contribution in [-0.4, -0.2) is 78.5 Å². The van der Waals surface area contributed by atoms with Crippen molar-refractivity contribution in [2.24, 2.45) is 5.73 Å². The fourth-order valence-electron chi connectivity index (χ4n) is 3.45. The highest BCUT2D eigenvalue weighted by Crippen LogP contribution is 2.14. The van der Waals surface area contributed by atoms with Crippen molar-refractivity contribution in [1.29, 1.82) is 0 Å². The molecule has 0 aliphatic carbocycles. The number of hydrogen-bond acceptors (Lipinski definition) is 5. The molecule has 2 aliphatic heterocycles. The standard InChI is InChI=1S/C17H27N5O2S/c18-16(23)13-20-5-3-14(4-6-20)19-17(24)22-9-7-21(8-10-22)12-15-2-1-11-25-15/h1-2,11,14H,3-10,12-13H2,(H2,18,23)(H,19,24). The van der Waals surface area contributed by atoms with Gasteiger partial charge in [-0.3, -0.25) is 14.6 Å². The number of likely N-dealkylation sites (tertiary alicyclic amines) is 1. The molecule has 3 N–H and O–H groups in total. The Bertz CT molecular complexity index is 564. The van der Waals surface area contributed by atoms with E-state index >= 15 is 0 Å². The highest BCUT2D eigenvalue weighted by Gasteiger charge is 2.25. The van der Waals surface area contributed by atoms with Gasteiger partial charge in [0, 0.05) is 56.7 Å². The molecule has 3 rings (SSSR count). The Balaban J connectivity index is 1.36. The van der Waals surface area contributed by atoms with Gasteiger partial charge in [0.1, 0.15) is 0 Å². The average Bonchev–Trinajstić information content (AvgIpc) is 3.10. The van der Waals surface area contributed by atoms with Gasteiger partial charge in [-0.05, 0) is 24.3 Å². The van der Waals surface area contributed by atoms with Crippen LogP contribution < -0.4 is 11.1 Å². The van der Waals surface area contributed by atoms with Crippen molar-refractivity contribution >= 4 is 23.3 Å². The lowest BCUT2D eigenvalue weighted by Crippen LogP contribution is -2.54. The van der Waals surface area contributed by atoms with Crippen molar-refractivity contribution in [3.05, 3.63) is 22.4 Å². The number of amides is 3. The number of nitrogens with one attached hydrogen (secondary N) is 1. The number of piperazine rings is 1. The van der Waals surface area contributed by atoms with Crippen molar-refractivity contribution in [3.8, 4) is 0 Å². The SMILES string of the molecule is NC(=O)CN1CCC(NC(=O)N2CCN(Cc3cccs3)CC2)CC1. The predicted octanol–water partition coefficient (Wildman–Crippen LogP) is 0.525. The molecule has 0 radical (unpaired) electrons. The summed E-state index contributed by atoms with van der Waals surface area (Å²) in [4.78, 5) is 31.2. The first-order valence-corrected chi connectivity index (χ1v) is 9.79. The first-order valence-electron chi connectivity index (χ1n) is 8.91. The number of urea groups is 1. The van der Waals surface area contributed by atoms with Gasteiger partial charge in [-0.15, -0.1) is 11.3 Å². The molecular weight excluding hydrogens is 338 g/mol. The number of hydrogen-bond donors (Lipinski definition) is 2. The second kappa shape index (κ2) is 8.64. The van der Waals surface area contributed by atoms with E-state index in [0.717, 1.165) is 58.7 Å². The van der Waals surface area contributed by atoms with Gasteiger partial charge in [0.15, 0.2) is 0 Å². The van der Waals surface area contributed by atoms with Crippen LogP contribution in [0.1, 0.15) is 17.7 Å². The van der Waals surface area contributed by atoms with E-state index in [-0.39, 0.29) is 18.0 Å². The van der Waals surface area contributed by atoms with Gasteiger partial charge < -0.3 is 16.0 Å². The Morgan fingerprint density at radius 1 is 1.12 bits per heavy atom. The fourth-order valence-corrected chi connectivity index (χ4v) is 4.20. The first kappa shape index (κ1) is 18.2. The molecular formula is C17H27N5O2S. The van der Waals surface area contributed by atoms with E-state index in [1.165, 1.54) is 4.88 Å². The summed E-state index contributed by atoms with van der Waals surface area (Å²) in [6.45, 7) is 6.30. The van der Waals surface area contributed by atoms with Crippen molar-refractivity contribution in [2.45, 2.75) is 25.4 Å². The summed E-state index contributed by atoms with van der Waals surface area (Å²) < 4.78 is 0. The zero-order valence-corrected chi connectivity index (χ0v) is 15.3. The average molecular weight is 366 g/mol. The second-order valence-electron chi connectivity index (χ2n) is 6.81. The maximum atomic E-state index is 12.5. The normalized spacial score (nSPS) is 20.6. The number of carbonyl (C=O) groups excluding carboxylic acids is 2. The van der Waals surface area contributed by atoms with Crippen LogP contribution in [0.4, 0.5) is 4.79 Å². The molecule has 0 unspecified atom stereocenters. The van der Waals surface area contributed by atoms with Crippen LogP contribution in [-0.2, 0) is 11.3 Å². The Morgan fingerprint density at radius 3 is 2.44 bits per heavy atom. The van der Waals surface area contributed by atoms with E-state index in [0.29, 0.717) is 6.54 Å². The molecule has 1 aromatic rings. The predicted molar refractivity (Wildman–Crippen MR) is 98.4 cm³/mol. The minimum absolute atomic E-state index is 0.0455. The van der Waals surface area contributed by atoms with Crippen molar-refractivity contribution in [1.82, 2.24) is 20.0 Å². The molecule has 0 atom stereocenters. The number of piperidine rings is 1. The lowest BCUT2D eigenvalue weighted by atomic mass is 10.1. The molecule has 0 spiro atoms. The van der Waals surface area contributed by atoms with Crippen LogP contribution in [0.2, 0.25) is 0 Å². The molecule has 138 valence electrons. The first-order chi connectivity index (χ1) is 12.1. The van der Waals surface area contributed by atoms with Crippen LogP contribution in [0.5, 0.6) is 0 Å². The van der Waals surface area contributed by atoms with Gasteiger partial charge in [-0.25, -0.2) is 4.79 Å². The maximum absolute atomic E-state index is 12.5. The lowest BCUT2D eigenvalue weighted by Gasteiger charge is -2.37. The Morgan fingerprint density at radius 2 is 1.84 bits per heavy atom. The molecule has 2 saturated heterocycles. The Hall–Kier alpha value is -1.64. The quantitative estimate of drug-likeness (QED) is 0.797. The van der Waals surface area contributed by atoms with E-state index < -0.39 is 0 Å². The molecule has 0 bridgehead atoms. The third-order valence-corrected chi connectivity index (χ3v) is 5.77. The minimum atomic E-state index is -0.289. The van der Waals surface area contributed by atoms with Crippen LogP contribution in [0.15, 0.2) is 17.5 Å². The molecule has 25 heavy (non-hydrogen) atoms. The summed E-state index contributed by atoms with van der Waals surface area (Å²) in [6, 6.07) is 4.48.